The fourth-order valence-electron chi connectivity index (χ4n) is 1.87. The summed E-state index contributed by atoms with van der Waals surface area (Å²) in [5.41, 5.74) is 0.618. The summed E-state index contributed by atoms with van der Waals surface area (Å²) < 4.78 is 33.3. The van der Waals surface area contributed by atoms with Gasteiger partial charge in [-0.05, 0) is 50.9 Å². The first-order chi connectivity index (χ1) is 11.8. The standard InChI is InChI=1S/C13H17BrFN7O2S/c1-25(16,17)6-2-5-18-12-11(21-24-22-12)13(20-23)19-8-3-4-10(15)9(14)7-8/h3-4,7,16-17,23H,2,5-6H2,1H3,(H,18,22)(H,19,20). The average Bonchev–Trinajstić information content (AvgIpc) is 3.00. The Morgan fingerprint density at radius 2 is 2.20 bits per heavy atom. The maximum Gasteiger partial charge on any atom is 0.203 e. The van der Waals surface area contributed by atoms with Gasteiger partial charge in [0.15, 0.2) is 5.69 Å². The van der Waals surface area contributed by atoms with Crippen molar-refractivity contribution >= 4 is 42.9 Å². The summed E-state index contributed by atoms with van der Waals surface area (Å²) >= 11 is 3.07. The maximum atomic E-state index is 13.3. The van der Waals surface area contributed by atoms with E-state index in [9.17, 15) is 9.60 Å². The van der Waals surface area contributed by atoms with Gasteiger partial charge in [-0.2, -0.15) is 0 Å². The zero-order valence-corrected chi connectivity index (χ0v) is 15.6. The van der Waals surface area contributed by atoms with Crippen molar-refractivity contribution in [1.29, 1.82) is 9.56 Å². The van der Waals surface area contributed by atoms with Gasteiger partial charge in [-0.3, -0.25) is 9.56 Å². The number of oxime groups is 1. The summed E-state index contributed by atoms with van der Waals surface area (Å²) in [7, 11) is -2.06. The van der Waals surface area contributed by atoms with Gasteiger partial charge in [0.05, 0.1) is 4.47 Å². The summed E-state index contributed by atoms with van der Waals surface area (Å²) in [5.74, 6) is 0.270. The van der Waals surface area contributed by atoms with Crippen LogP contribution in [-0.4, -0.2) is 39.9 Å². The van der Waals surface area contributed by atoms with Crippen LogP contribution >= 0.6 is 15.9 Å². The molecule has 9 nitrogen and oxygen atoms in total. The van der Waals surface area contributed by atoms with E-state index < -0.39 is 15.4 Å². The van der Waals surface area contributed by atoms with Gasteiger partial charge in [0, 0.05) is 24.2 Å². The second-order valence-electron chi connectivity index (χ2n) is 5.24. The predicted molar refractivity (Wildman–Crippen MR) is 97.0 cm³/mol. The quantitative estimate of drug-likeness (QED) is 0.149. The van der Waals surface area contributed by atoms with Gasteiger partial charge in [0.25, 0.3) is 0 Å². The van der Waals surface area contributed by atoms with Gasteiger partial charge >= 0.3 is 0 Å². The molecule has 12 heteroatoms. The fraction of sp³-hybridized carbons (Fsp3) is 0.308. The first kappa shape index (κ1) is 19.1. The topological polar surface area (TPSA) is 143 Å². The van der Waals surface area contributed by atoms with E-state index in [-0.39, 0.29) is 21.8 Å². The van der Waals surface area contributed by atoms with Crippen LogP contribution in [0.1, 0.15) is 12.1 Å². The molecule has 0 bridgehead atoms. The minimum absolute atomic E-state index is 0.0290. The molecule has 0 spiro atoms. The Labute approximate surface area is 152 Å². The van der Waals surface area contributed by atoms with E-state index in [1.807, 2.05) is 0 Å². The van der Waals surface area contributed by atoms with Crippen LogP contribution in [0.5, 0.6) is 0 Å². The molecule has 0 aliphatic carbocycles. The molecule has 2 aromatic rings. The second-order valence-corrected chi connectivity index (χ2v) is 8.67. The number of anilines is 2. The average molecular weight is 434 g/mol. The molecule has 0 saturated heterocycles. The molecule has 0 radical (unpaired) electrons. The summed E-state index contributed by atoms with van der Waals surface area (Å²) in [6, 6.07) is 4.20. The highest BCUT2D eigenvalue weighted by Gasteiger charge is 2.17. The minimum Gasteiger partial charge on any atom is -0.409 e. The molecule has 1 heterocycles. The van der Waals surface area contributed by atoms with E-state index >= 15 is 0 Å². The summed E-state index contributed by atoms with van der Waals surface area (Å²) in [6.45, 7) is 0.461. The van der Waals surface area contributed by atoms with Crippen LogP contribution < -0.4 is 10.6 Å². The van der Waals surface area contributed by atoms with Crippen LogP contribution in [0.15, 0.2) is 32.5 Å². The van der Waals surface area contributed by atoms with Gasteiger partial charge in [0.2, 0.25) is 11.7 Å². The third-order valence-electron chi connectivity index (χ3n) is 3.02. The molecule has 5 N–H and O–H groups in total. The van der Waals surface area contributed by atoms with E-state index in [2.05, 4.69) is 46.7 Å². The van der Waals surface area contributed by atoms with Crippen molar-refractivity contribution < 1.29 is 14.2 Å². The zero-order chi connectivity index (χ0) is 18.4. The second kappa shape index (κ2) is 8.25. The predicted octanol–water partition coefficient (Wildman–Crippen LogP) is 3.33. The monoisotopic (exact) mass is 433 g/mol. The highest BCUT2D eigenvalue weighted by Crippen LogP contribution is 2.21. The number of halogens is 2. The highest BCUT2D eigenvalue weighted by molar-refractivity contribution is 9.10. The van der Waals surface area contributed by atoms with E-state index in [1.165, 1.54) is 18.2 Å². The highest BCUT2D eigenvalue weighted by atomic mass is 79.9. The molecule has 0 fully saturated rings. The molecular formula is C13H17BrFN7O2S. The van der Waals surface area contributed by atoms with E-state index in [4.69, 9.17) is 9.56 Å². The number of hydrogen-bond donors (Lipinski definition) is 5. The van der Waals surface area contributed by atoms with Crippen LogP contribution in [0.25, 0.3) is 0 Å². The Kier molecular flexibility index (Phi) is 6.31. The number of rotatable bonds is 7. The smallest absolute Gasteiger partial charge is 0.203 e. The number of nitrogens with zero attached hydrogens (tertiary/aromatic N) is 3. The number of aromatic nitrogens is 2. The van der Waals surface area contributed by atoms with E-state index in [0.29, 0.717) is 24.4 Å². The van der Waals surface area contributed by atoms with E-state index in [0.717, 1.165) is 0 Å². The third-order valence-corrected chi connectivity index (χ3v) is 4.73. The Balaban J connectivity index is 2.06. The van der Waals surface area contributed by atoms with Gasteiger partial charge in [-0.1, -0.05) is 14.8 Å². The summed E-state index contributed by atoms with van der Waals surface area (Å²) in [5, 5.41) is 25.6. The van der Waals surface area contributed by atoms with Crippen molar-refractivity contribution in [3.63, 3.8) is 0 Å². The Hall–Kier alpha value is -2.21. The normalized spacial score (nSPS) is 12.2. The van der Waals surface area contributed by atoms with Crippen LogP contribution in [-0.2, 0) is 9.62 Å². The molecule has 0 aliphatic rings. The van der Waals surface area contributed by atoms with Gasteiger partial charge in [-0.15, -0.1) is 0 Å². The Morgan fingerprint density at radius 1 is 1.44 bits per heavy atom. The Morgan fingerprint density at radius 3 is 2.84 bits per heavy atom. The molecule has 0 amide bonds. The molecule has 0 atom stereocenters. The van der Waals surface area contributed by atoms with Crippen molar-refractivity contribution in [2.24, 2.45) is 5.16 Å². The lowest BCUT2D eigenvalue weighted by Gasteiger charge is -2.09. The van der Waals surface area contributed by atoms with Crippen molar-refractivity contribution in [2.45, 2.75) is 6.42 Å². The third kappa shape index (κ3) is 5.67. The lowest BCUT2D eigenvalue weighted by atomic mass is 10.3. The molecular weight excluding hydrogens is 417 g/mol. The van der Waals surface area contributed by atoms with Gasteiger partial charge < -0.3 is 15.8 Å². The fourth-order valence-corrected chi connectivity index (χ4v) is 2.97. The van der Waals surface area contributed by atoms with Crippen molar-refractivity contribution in [1.82, 2.24) is 10.3 Å². The van der Waals surface area contributed by atoms with Crippen LogP contribution in [0.4, 0.5) is 15.9 Å². The van der Waals surface area contributed by atoms with Crippen LogP contribution in [0, 0.1) is 15.4 Å². The number of nitrogens with one attached hydrogen (secondary N) is 4. The number of amidine groups is 1. The molecule has 0 aliphatic heterocycles. The minimum atomic E-state index is -2.06. The SMILES string of the molecule is CS(=N)(=N)CCCNc1nonc1/C(=N/O)Nc1ccc(F)c(Br)c1. The van der Waals surface area contributed by atoms with Crippen molar-refractivity contribution in [2.75, 3.05) is 29.2 Å². The number of benzene rings is 1. The van der Waals surface area contributed by atoms with Crippen LogP contribution in [0.3, 0.4) is 0 Å². The zero-order valence-electron chi connectivity index (χ0n) is 13.2. The van der Waals surface area contributed by atoms with Crippen LogP contribution in [0.2, 0.25) is 0 Å². The first-order valence-corrected chi connectivity index (χ1v) is 10.1. The van der Waals surface area contributed by atoms with Crippen molar-refractivity contribution in [3.8, 4) is 0 Å². The van der Waals surface area contributed by atoms with Crippen molar-refractivity contribution in [3.05, 3.63) is 34.2 Å². The summed E-state index contributed by atoms with van der Waals surface area (Å²) in [4.78, 5) is 0. The van der Waals surface area contributed by atoms with Gasteiger partial charge in [0.1, 0.15) is 5.82 Å². The van der Waals surface area contributed by atoms with E-state index in [1.54, 1.807) is 6.26 Å². The Bertz CT molecular complexity index is 869. The molecule has 0 saturated carbocycles. The molecule has 25 heavy (non-hydrogen) atoms. The number of hydrogen-bond acceptors (Lipinski definition) is 8. The first-order valence-electron chi connectivity index (χ1n) is 7.06. The largest absolute Gasteiger partial charge is 0.409 e. The molecule has 136 valence electrons. The molecule has 1 aromatic heterocycles. The maximum absolute atomic E-state index is 13.3. The molecule has 1 aromatic carbocycles. The van der Waals surface area contributed by atoms with Gasteiger partial charge in [-0.25, -0.2) is 9.02 Å². The lowest BCUT2D eigenvalue weighted by molar-refractivity contribution is 0.305. The summed E-state index contributed by atoms with van der Waals surface area (Å²) in [6.07, 6.45) is 2.20. The molecule has 2 rings (SSSR count). The lowest BCUT2D eigenvalue weighted by Crippen LogP contribution is -2.17. The molecule has 0 unspecified atom stereocenters.